The van der Waals surface area contributed by atoms with Crippen molar-refractivity contribution in [3.8, 4) is 5.75 Å². The molecule has 0 aliphatic heterocycles. The number of allylic oxidation sites excluding steroid dienone is 1. The highest BCUT2D eigenvalue weighted by atomic mass is 16.5. The summed E-state index contributed by atoms with van der Waals surface area (Å²) in [6, 6.07) is 9.39. The van der Waals surface area contributed by atoms with Crippen LogP contribution < -0.4 is 11.1 Å². The maximum Gasteiger partial charge on any atom is 0.207 e. The third-order valence-corrected chi connectivity index (χ3v) is 5.58. The molecular weight excluding hydrogens is 452 g/mol. The number of nitrogens with two attached hydrogens (primary N) is 1. The van der Waals surface area contributed by atoms with E-state index in [-0.39, 0.29) is 24.7 Å². The van der Waals surface area contributed by atoms with Crippen LogP contribution in [0.15, 0.2) is 67.8 Å². The lowest BCUT2D eigenvalue weighted by molar-refractivity contribution is -0.117. The fourth-order valence-corrected chi connectivity index (χ4v) is 3.85. The molecule has 1 atom stereocenters. The lowest BCUT2D eigenvalue weighted by Crippen LogP contribution is -2.20. The van der Waals surface area contributed by atoms with Crippen LogP contribution in [0.1, 0.15) is 60.9 Å². The molecule has 0 radical (unpaired) electrons. The number of rotatable bonds is 16. The number of aromatic hydroxyl groups is 1. The largest absolute Gasteiger partial charge is 0.508 e. The fourth-order valence-electron chi connectivity index (χ4n) is 3.85. The number of carbonyl (C=O) groups excluding carboxylic acids is 2. The van der Waals surface area contributed by atoms with Gasteiger partial charge in [-0.3, -0.25) is 9.59 Å². The number of unbranched alkanes of at least 4 members (excludes halogenated alkanes) is 3. The number of amides is 1. The molecule has 2 rings (SSSR count). The number of Topliss-reactive ketones (excluding diaryl/α,β-unsaturated/α-hetero) is 1. The Bertz CT molecular complexity index is 1120. The van der Waals surface area contributed by atoms with Gasteiger partial charge in [0.05, 0.1) is 12.6 Å². The summed E-state index contributed by atoms with van der Waals surface area (Å²) in [4.78, 5) is 24.8. The van der Waals surface area contributed by atoms with Crippen LogP contribution in [0.4, 0.5) is 5.69 Å². The summed E-state index contributed by atoms with van der Waals surface area (Å²) in [5.41, 5.74) is 9.87. The Morgan fingerprint density at radius 2 is 2.03 bits per heavy atom. The average molecular weight is 489 g/mol. The van der Waals surface area contributed by atoms with Gasteiger partial charge in [0.2, 0.25) is 6.41 Å². The minimum atomic E-state index is -0.680. The molecule has 2 aromatic rings. The zero-order chi connectivity index (χ0) is 26.3. The van der Waals surface area contributed by atoms with Crippen molar-refractivity contribution >= 4 is 35.6 Å². The number of benzene rings is 2. The molecule has 0 saturated carbocycles. The number of nitrogen functional groups attached to an aromatic ring is 1. The van der Waals surface area contributed by atoms with Gasteiger partial charge in [0.15, 0.2) is 5.78 Å². The molecule has 0 heterocycles. The van der Waals surface area contributed by atoms with E-state index in [2.05, 4.69) is 31.5 Å². The Morgan fingerprint density at radius 3 is 2.69 bits per heavy atom. The number of phenols is 1. The van der Waals surface area contributed by atoms with Gasteiger partial charge in [0.1, 0.15) is 12.4 Å². The summed E-state index contributed by atoms with van der Waals surface area (Å²) in [5, 5.41) is 12.7. The monoisotopic (exact) mass is 488 g/mol. The van der Waals surface area contributed by atoms with E-state index >= 15 is 0 Å². The smallest absolute Gasteiger partial charge is 0.207 e. The van der Waals surface area contributed by atoms with Crippen LogP contribution in [0, 0.1) is 0 Å². The van der Waals surface area contributed by atoms with Crippen molar-refractivity contribution in [3.05, 3.63) is 90.0 Å². The van der Waals surface area contributed by atoms with Gasteiger partial charge in [-0.05, 0) is 65.4 Å². The molecule has 6 heteroatoms. The number of hydrogen-bond donors (Lipinski definition) is 3. The molecule has 6 nitrogen and oxygen atoms in total. The maximum atomic E-state index is 13.4. The van der Waals surface area contributed by atoms with Crippen LogP contribution >= 0.6 is 0 Å². The molecule has 0 spiro atoms. The van der Waals surface area contributed by atoms with Crippen LogP contribution in [0.25, 0.3) is 17.7 Å². The molecule has 2 aromatic carbocycles. The van der Waals surface area contributed by atoms with E-state index in [4.69, 9.17) is 10.5 Å². The van der Waals surface area contributed by atoms with Crippen molar-refractivity contribution in [1.82, 2.24) is 5.32 Å². The van der Waals surface area contributed by atoms with Gasteiger partial charge < -0.3 is 20.9 Å². The predicted octanol–water partition coefficient (Wildman–Crippen LogP) is 5.85. The van der Waals surface area contributed by atoms with Gasteiger partial charge in [-0.2, -0.15) is 0 Å². The van der Waals surface area contributed by atoms with E-state index in [0.29, 0.717) is 28.8 Å². The average Bonchev–Trinajstić information content (AvgIpc) is 2.86. The van der Waals surface area contributed by atoms with Gasteiger partial charge in [-0.25, -0.2) is 0 Å². The Morgan fingerprint density at radius 1 is 1.22 bits per heavy atom. The van der Waals surface area contributed by atoms with E-state index in [0.717, 1.165) is 36.8 Å². The Labute approximate surface area is 213 Å². The van der Waals surface area contributed by atoms with Crippen molar-refractivity contribution in [1.29, 1.82) is 0 Å². The van der Waals surface area contributed by atoms with Gasteiger partial charge in [-0.1, -0.05) is 62.8 Å². The zero-order valence-electron chi connectivity index (χ0n) is 20.9. The molecule has 0 bridgehead atoms. The molecule has 0 aliphatic carbocycles. The SMILES string of the molecule is C=CCOCC(=O)/C(=C\C(NC=O)c1cccc(O)c1)c1cc(N)cc(/C=C/CCCCC)c1C=C. The second-order valence-electron chi connectivity index (χ2n) is 8.34. The lowest BCUT2D eigenvalue weighted by Gasteiger charge is -2.18. The summed E-state index contributed by atoms with van der Waals surface area (Å²) in [6.07, 6.45) is 13.9. The van der Waals surface area contributed by atoms with E-state index in [9.17, 15) is 14.7 Å². The van der Waals surface area contributed by atoms with E-state index < -0.39 is 6.04 Å². The third-order valence-electron chi connectivity index (χ3n) is 5.58. The first-order valence-corrected chi connectivity index (χ1v) is 12.1. The molecular formula is C30H36N2O4. The number of hydrogen-bond acceptors (Lipinski definition) is 5. The quantitative estimate of drug-likeness (QED) is 0.0904. The predicted molar refractivity (Wildman–Crippen MR) is 148 cm³/mol. The van der Waals surface area contributed by atoms with E-state index in [1.165, 1.54) is 12.1 Å². The second kappa shape index (κ2) is 15.2. The summed E-state index contributed by atoms with van der Waals surface area (Å²) < 4.78 is 5.44. The van der Waals surface area contributed by atoms with Crippen molar-refractivity contribution in [2.24, 2.45) is 0 Å². The first kappa shape index (κ1) is 28.3. The Hall–Kier alpha value is -3.90. The summed E-state index contributed by atoms with van der Waals surface area (Å²) in [7, 11) is 0. The van der Waals surface area contributed by atoms with Crippen LogP contribution in [0.5, 0.6) is 5.75 Å². The van der Waals surface area contributed by atoms with Crippen molar-refractivity contribution < 1.29 is 19.4 Å². The van der Waals surface area contributed by atoms with Crippen LogP contribution in [0.2, 0.25) is 0 Å². The second-order valence-corrected chi connectivity index (χ2v) is 8.34. The number of anilines is 1. The third kappa shape index (κ3) is 8.40. The molecule has 190 valence electrons. The van der Waals surface area contributed by atoms with E-state index in [1.807, 2.05) is 12.1 Å². The van der Waals surface area contributed by atoms with Gasteiger partial charge >= 0.3 is 0 Å². The topological polar surface area (TPSA) is 102 Å². The Kier molecular flexibility index (Phi) is 11.9. The first-order valence-electron chi connectivity index (χ1n) is 12.1. The molecule has 1 amide bonds. The zero-order valence-corrected chi connectivity index (χ0v) is 20.9. The normalized spacial score (nSPS) is 12.3. The van der Waals surface area contributed by atoms with Crippen LogP contribution in [-0.2, 0) is 14.3 Å². The first-order chi connectivity index (χ1) is 17.4. The summed E-state index contributed by atoms with van der Waals surface area (Å²) in [5.74, 6) is -0.242. The van der Waals surface area contributed by atoms with Crippen LogP contribution in [0.3, 0.4) is 0 Å². The van der Waals surface area contributed by atoms with Gasteiger partial charge in [0.25, 0.3) is 0 Å². The van der Waals surface area contributed by atoms with Gasteiger partial charge in [-0.15, -0.1) is 6.58 Å². The molecule has 0 saturated heterocycles. The molecule has 4 N–H and O–H groups in total. The van der Waals surface area contributed by atoms with Gasteiger partial charge in [0, 0.05) is 11.3 Å². The minimum Gasteiger partial charge on any atom is -0.508 e. The van der Waals surface area contributed by atoms with Crippen molar-refractivity contribution in [2.75, 3.05) is 18.9 Å². The standard InChI is InChI=1S/C30H36N2O4/c1-4-7-8-9-10-12-22-16-24(31)18-27(26(22)6-3)28(30(35)20-36-15-5-2)19-29(32-21-33)23-13-11-14-25(34)17-23/h5-6,10-14,16-19,21,29,34H,2-4,7-9,15,20,31H2,1H3,(H,32,33)/b12-10+,28-19-. The Balaban J connectivity index is 2.64. The van der Waals surface area contributed by atoms with Crippen molar-refractivity contribution in [2.45, 2.75) is 38.6 Å². The van der Waals surface area contributed by atoms with E-state index in [1.54, 1.807) is 36.4 Å². The lowest BCUT2D eigenvalue weighted by atomic mass is 9.89. The number of ketones is 1. The van der Waals surface area contributed by atoms with Crippen LogP contribution in [-0.4, -0.2) is 30.5 Å². The number of nitrogens with one attached hydrogen (secondary N) is 1. The fraction of sp³-hybridized carbons (Fsp3) is 0.267. The highest BCUT2D eigenvalue weighted by molar-refractivity contribution is 6.22. The number of ether oxygens (including phenoxy) is 1. The summed E-state index contributed by atoms with van der Waals surface area (Å²) >= 11 is 0. The number of phenolic OH excluding ortho intramolecular Hbond substituents is 1. The molecule has 1 unspecified atom stereocenters. The minimum absolute atomic E-state index is 0.0482. The maximum absolute atomic E-state index is 13.4. The number of carbonyl (C=O) groups is 2. The molecule has 0 aromatic heterocycles. The molecule has 36 heavy (non-hydrogen) atoms. The molecule has 0 aliphatic rings. The summed E-state index contributed by atoms with van der Waals surface area (Å²) in [6.45, 7) is 9.80. The highest BCUT2D eigenvalue weighted by Gasteiger charge is 2.20. The highest BCUT2D eigenvalue weighted by Crippen LogP contribution is 2.31. The molecule has 0 fully saturated rings. The van der Waals surface area contributed by atoms with Crippen molar-refractivity contribution in [3.63, 3.8) is 0 Å².